The van der Waals surface area contributed by atoms with Gasteiger partial charge in [-0.05, 0) is 12.8 Å². The summed E-state index contributed by atoms with van der Waals surface area (Å²) in [5, 5.41) is 10.6. The number of carbonyl (C=O) groups excluding carboxylic acids is 3. The molecule has 3 fully saturated rings. The molecule has 2 saturated heterocycles. The van der Waals surface area contributed by atoms with Crippen LogP contribution in [0.5, 0.6) is 0 Å². The lowest BCUT2D eigenvalue weighted by atomic mass is 9.84. The number of cyclic esters (lactones) is 1. The molecule has 0 bridgehead atoms. The Labute approximate surface area is 235 Å². The first kappa shape index (κ1) is 28.2. The molecular weight excluding hydrogens is 536 g/mol. The number of carbonyl (C=O) groups is 3. The van der Waals surface area contributed by atoms with Gasteiger partial charge in [-0.1, -0.05) is 18.9 Å². The number of amides is 3. The Kier molecular flexibility index (Phi) is 8.04. The number of benzene rings is 1. The average molecular weight is 570 g/mol. The number of nitrogens with zero attached hydrogens (tertiary/aromatic N) is 5. The number of anilines is 2. The Balaban J connectivity index is 1.25. The van der Waals surface area contributed by atoms with E-state index in [2.05, 4.69) is 10.3 Å². The third-order valence-electron chi connectivity index (χ3n) is 7.91. The molecule has 3 heterocycles. The van der Waals surface area contributed by atoms with Gasteiger partial charge in [0.2, 0.25) is 11.8 Å². The summed E-state index contributed by atoms with van der Waals surface area (Å²) in [5.74, 6) is -1.91. The molecular formula is C28H33F2N7O4. The van der Waals surface area contributed by atoms with Crippen LogP contribution in [0.1, 0.15) is 32.6 Å². The lowest BCUT2D eigenvalue weighted by Crippen LogP contribution is -2.52. The lowest BCUT2D eigenvalue weighted by molar-refractivity contribution is -0.139. The van der Waals surface area contributed by atoms with Gasteiger partial charge in [0.25, 0.3) is 0 Å². The monoisotopic (exact) mass is 569 g/mol. The normalized spacial score (nSPS) is 20.5. The predicted molar refractivity (Wildman–Crippen MR) is 146 cm³/mol. The Hall–Kier alpha value is -4.29. The van der Waals surface area contributed by atoms with Gasteiger partial charge in [-0.2, -0.15) is 0 Å². The van der Waals surface area contributed by atoms with Gasteiger partial charge in [0.1, 0.15) is 17.3 Å². The number of hydrogen-bond acceptors (Lipinski definition) is 7. The molecule has 2 aliphatic heterocycles. The minimum Gasteiger partial charge on any atom is -0.442 e. The molecule has 2 aromatic rings. The van der Waals surface area contributed by atoms with Crippen LogP contribution in [0.3, 0.4) is 0 Å². The fourth-order valence-corrected chi connectivity index (χ4v) is 5.74. The number of rotatable bonds is 7. The third kappa shape index (κ3) is 5.93. The van der Waals surface area contributed by atoms with E-state index in [0.29, 0.717) is 25.9 Å². The summed E-state index contributed by atoms with van der Waals surface area (Å²) in [6.07, 6.45) is 10.2. The molecule has 3 amide bonds. The van der Waals surface area contributed by atoms with E-state index in [1.807, 2.05) is 6.08 Å². The molecule has 1 aliphatic carbocycles. The van der Waals surface area contributed by atoms with Crippen molar-refractivity contribution in [3.8, 4) is 0 Å². The van der Waals surface area contributed by atoms with E-state index in [0.717, 1.165) is 29.9 Å². The van der Waals surface area contributed by atoms with Gasteiger partial charge in [0.05, 0.1) is 30.4 Å². The third-order valence-corrected chi connectivity index (χ3v) is 7.91. The van der Waals surface area contributed by atoms with Crippen LogP contribution in [0.15, 0.2) is 36.8 Å². The quantitative estimate of drug-likeness (QED) is 0.528. The van der Waals surface area contributed by atoms with Gasteiger partial charge < -0.3 is 24.4 Å². The highest BCUT2D eigenvalue weighted by Crippen LogP contribution is 2.42. The van der Waals surface area contributed by atoms with Gasteiger partial charge in [-0.3, -0.25) is 24.9 Å². The first-order chi connectivity index (χ1) is 19.7. The summed E-state index contributed by atoms with van der Waals surface area (Å²) in [7, 11) is 0. The zero-order chi connectivity index (χ0) is 29.1. The van der Waals surface area contributed by atoms with Crippen molar-refractivity contribution in [1.29, 1.82) is 5.41 Å². The highest BCUT2D eigenvalue weighted by molar-refractivity contribution is 5.90. The van der Waals surface area contributed by atoms with Gasteiger partial charge in [0, 0.05) is 63.8 Å². The van der Waals surface area contributed by atoms with Crippen LogP contribution < -0.4 is 20.6 Å². The van der Waals surface area contributed by atoms with Crippen molar-refractivity contribution in [3.63, 3.8) is 0 Å². The van der Waals surface area contributed by atoms with Crippen LogP contribution in [-0.4, -0.2) is 77.7 Å². The van der Waals surface area contributed by atoms with Crippen LogP contribution in [0.25, 0.3) is 6.20 Å². The average Bonchev–Trinajstić information content (AvgIpc) is 3.58. The van der Waals surface area contributed by atoms with Gasteiger partial charge in [0.15, 0.2) is 11.6 Å². The zero-order valence-electron chi connectivity index (χ0n) is 22.8. The number of hydrogen-bond donors (Lipinski definition) is 2. The van der Waals surface area contributed by atoms with Gasteiger partial charge >= 0.3 is 6.09 Å². The smallest absolute Gasteiger partial charge is 0.414 e. The predicted octanol–water partition coefficient (Wildman–Crippen LogP) is 2.48. The second kappa shape index (κ2) is 11.7. The molecule has 0 radical (unpaired) electrons. The molecule has 0 spiro atoms. The summed E-state index contributed by atoms with van der Waals surface area (Å²) in [5.41, 5.74) is -0.633. The standard InChI is InChI=1S/C28H33F2N7O4/c1-19(38)33-16-21-18-37(27(40)41-21)20-14-22(29)25(23(30)15-20)35-10-12-36(13-11-35)26(39)28(4-2-3-5-28)6-8-34-9-7-32-17-24(34)31/h6-9,14-15,17,21,31H,2-5,10-13,16,18H2,1H3,(H,33,38)/b8-6+,31-24?. The van der Waals surface area contributed by atoms with E-state index in [-0.39, 0.29) is 54.9 Å². The topological polar surface area (TPSA) is 124 Å². The van der Waals surface area contributed by atoms with Crippen molar-refractivity contribution in [2.24, 2.45) is 5.41 Å². The maximum atomic E-state index is 15.3. The number of aromatic nitrogens is 2. The van der Waals surface area contributed by atoms with E-state index in [4.69, 9.17) is 10.1 Å². The van der Waals surface area contributed by atoms with Crippen LogP contribution in [0.4, 0.5) is 25.0 Å². The largest absolute Gasteiger partial charge is 0.442 e. The molecule has 13 heteroatoms. The van der Waals surface area contributed by atoms with E-state index in [1.54, 1.807) is 33.0 Å². The molecule has 1 atom stereocenters. The molecule has 3 aliphatic rings. The van der Waals surface area contributed by atoms with Crippen molar-refractivity contribution < 1.29 is 27.9 Å². The Bertz CT molecular complexity index is 1390. The summed E-state index contributed by atoms with van der Waals surface area (Å²) >= 11 is 0. The molecule has 1 saturated carbocycles. The molecule has 5 rings (SSSR count). The first-order valence-corrected chi connectivity index (χ1v) is 13.7. The van der Waals surface area contributed by atoms with Crippen LogP contribution >= 0.6 is 0 Å². The fourth-order valence-electron chi connectivity index (χ4n) is 5.74. The van der Waals surface area contributed by atoms with E-state index < -0.39 is 29.2 Å². The molecule has 1 unspecified atom stereocenters. The minimum absolute atomic E-state index is 0.00950. The fraction of sp³-hybridized carbons (Fsp3) is 0.464. The molecule has 41 heavy (non-hydrogen) atoms. The van der Waals surface area contributed by atoms with Crippen LogP contribution in [0.2, 0.25) is 0 Å². The lowest BCUT2D eigenvalue weighted by Gasteiger charge is -2.40. The number of ether oxygens (including phenoxy) is 1. The molecule has 11 nitrogen and oxygen atoms in total. The Morgan fingerprint density at radius 2 is 1.85 bits per heavy atom. The molecule has 2 N–H and O–H groups in total. The van der Waals surface area contributed by atoms with Crippen LogP contribution in [0, 0.1) is 22.5 Å². The van der Waals surface area contributed by atoms with Crippen molar-refractivity contribution in [1.82, 2.24) is 19.8 Å². The van der Waals surface area contributed by atoms with Crippen molar-refractivity contribution in [3.05, 3.63) is 53.9 Å². The molecule has 1 aromatic carbocycles. The zero-order valence-corrected chi connectivity index (χ0v) is 22.8. The Morgan fingerprint density at radius 1 is 1.17 bits per heavy atom. The summed E-state index contributed by atoms with van der Waals surface area (Å²) in [6.45, 7) is 2.62. The first-order valence-electron chi connectivity index (χ1n) is 13.7. The second-order valence-corrected chi connectivity index (χ2v) is 10.6. The molecule has 218 valence electrons. The van der Waals surface area contributed by atoms with E-state index in [9.17, 15) is 14.4 Å². The van der Waals surface area contributed by atoms with Crippen LogP contribution in [-0.2, 0) is 14.3 Å². The minimum atomic E-state index is -0.811. The summed E-state index contributed by atoms with van der Waals surface area (Å²) in [6, 6.07) is 2.21. The highest BCUT2D eigenvalue weighted by atomic mass is 19.1. The Morgan fingerprint density at radius 3 is 2.49 bits per heavy atom. The van der Waals surface area contributed by atoms with E-state index >= 15 is 8.78 Å². The van der Waals surface area contributed by atoms with Crippen molar-refractivity contribution >= 4 is 35.5 Å². The number of piperazine rings is 1. The molecule has 1 aromatic heterocycles. The summed E-state index contributed by atoms with van der Waals surface area (Å²) in [4.78, 5) is 45.5. The number of halogens is 2. The van der Waals surface area contributed by atoms with Gasteiger partial charge in [-0.15, -0.1) is 0 Å². The second-order valence-electron chi connectivity index (χ2n) is 10.6. The van der Waals surface area contributed by atoms with Crippen molar-refractivity contribution in [2.75, 3.05) is 49.1 Å². The maximum Gasteiger partial charge on any atom is 0.414 e. The summed E-state index contributed by atoms with van der Waals surface area (Å²) < 4.78 is 37.3. The maximum absolute atomic E-state index is 15.3. The SMILES string of the molecule is CC(=O)NCC1CN(c2cc(F)c(N3CCN(C(=O)C4(/C=C/n5ccncc5=N)CCCC4)CC3)c(F)c2)C(=O)O1. The number of nitrogens with one attached hydrogen (secondary N) is 2. The highest BCUT2D eigenvalue weighted by Gasteiger charge is 2.42. The van der Waals surface area contributed by atoms with E-state index in [1.165, 1.54) is 13.1 Å². The van der Waals surface area contributed by atoms with Gasteiger partial charge in [-0.25, -0.2) is 13.6 Å². The van der Waals surface area contributed by atoms with Crippen molar-refractivity contribution in [2.45, 2.75) is 38.7 Å².